The van der Waals surface area contributed by atoms with Crippen molar-refractivity contribution >= 4 is 5.91 Å². The Labute approximate surface area is 124 Å². The first kappa shape index (κ1) is 14.1. The number of carbonyl (C=O) groups excluding carboxylic acids is 1. The van der Waals surface area contributed by atoms with E-state index in [1.165, 1.54) is 6.33 Å². The molecule has 0 spiro atoms. The van der Waals surface area contributed by atoms with Gasteiger partial charge in [-0.05, 0) is 25.7 Å². The molecule has 0 aromatic carbocycles. The zero-order valence-electron chi connectivity index (χ0n) is 12.2. The van der Waals surface area contributed by atoms with Crippen LogP contribution in [-0.4, -0.2) is 38.7 Å². The first-order valence-corrected chi connectivity index (χ1v) is 7.80. The van der Waals surface area contributed by atoms with E-state index in [9.17, 15) is 10.1 Å². The van der Waals surface area contributed by atoms with E-state index in [2.05, 4.69) is 16.2 Å². The smallest absolute Gasteiger partial charge is 0.243 e. The maximum Gasteiger partial charge on any atom is 0.243 e. The molecule has 0 bridgehead atoms. The Bertz CT molecular complexity index is 527. The Morgan fingerprint density at radius 1 is 1.29 bits per heavy atom. The van der Waals surface area contributed by atoms with E-state index in [-0.39, 0.29) is 11.9 Å². The highest BCUT2D eigenvalue weighted by molar-refractivity contribution is 5.85. The molecule has 1 saturated carbocycles. The highest BCUT2D eigenvalue weighted by Crippen LogP contribution is 2.38. The summed E-state index contributed by atoms with van der Waals surface area (Å²) in [5, 5.41) is 13.8. The van der Waals surface area contributed by atoms with Gasteiger partial charge in [-0.1, -0.05) is 19.3 Å². The zero-order valence-corrected chi connectivity index (χ0v) is 12.2. The monoisotopic (exact) mass is 287 g/mol. The number of nitriles is 1. The fraction of sp³-hybridized carbons (Fsp3) is 0.733. The molecule has 1 amide bonds. The van der Waals surface area contributed by atoms with Gasteiger partial charge in [-0.3, -0.25) is 4.79 Å². The number of amides is 1. The van der Waals surface area contributed by atoms with E-state index < -0.39 is 5.41 Å². The molecule has 1 saturated heterocycles. The molecule has 1 aliphatic carbocycles. The molecule has 6 nitrogen and oxygen atoms in total. The van der Waals surface area contributed by atoms with Gasteiger partial charge in [0.2, 0.25) is 5.91 Å². The van der Waals surface area contributed by atoms with Gasteiger partial charge >= 0.3 is 0 Å². The minimum absolute atomic E-state index is 0.0366. The van der Waals surface area contributed by atoms with Crippen molar-refractivity contribution < 1.29 is 4.79 Å². The summed E-state index contributed by atoms with van der Waals surface area (Å²) in [6.07, 6.45) is 9.74. The van der Waals surface area contributed by atoms with E-state index in [0.29, 0.717) is 19.4 Å². The lowest BCUT2D eigenvalue weighted by atomic mass is 9.74. The van der Waals surface area contributed by atoms with Crippen LogP contribution >= 0.6 is 0 Å². The van der Waals surface area contributed by atoms with Gasteiger partial charge in [0.1, 0.15) is 18.1 Å². The largest absolute Gasteiger partial charge is 0.339 e. The third kappa shape index (κ3) is 2.65. The number of hydrogen-bond donors (Lipinski definition) is 0. The Kier molecular flexibility index (Phi) is 3.91. The summed E-state index contributed by atoms with van der Waals surface area (Å²) in [5.74, 6) is 0.0366. The summed E-state index contributed by atoms with van der Waals surface area (Å²) in [6, 6.07) is 2.52. The molecule has 2 aliphatic rings. The number of carbonyl (C=O) groups is 1. The van der Waals surface area contributed by atoms with E-state index in [1.807, 2.05) is 9.58 Å². The lowest BCUT2D eigenvalue weighted by molar-refractivity contribution is -0.142. The molecule has 21 heavy (non-hydrogen) atoms. The average Bonchev–Trinajstić information content (AvgIpc) is 3.09. The topological polar surface area (TPSA) is 74.8 Å². The minimum Gasteiger partial charge on any atom is -0.339 e. The van der Waals surface area contributed by atoms with Crippen molar-refractivity contribution in [1.29, 1.82) is 5.26 Å². The average molecular weight is 287 g/mol. The van der Waals surface area contributed by atoms with Crippen LogP contribution in [0.15, 0.2) is 12.7 Å². The van der Waals surface area contributed by atoms with E-state index in [1.54, 1.807) is 6.33 Å². The summed E-state index contributed by atoms with van der Waals surface area (Å²) in [5.41, 5.74) is -0.775. The Balaban J connectivity index is 1.73. The van der Waals surface area contributed by atoms with Gasteiger partial charge in [0.15, 0.2) is 0 Å². The van der Waals surface area contributed by atoms with Gasteiger partial charge in [-0.15, -0.1) is 0 Å². The van der Waals surface area contributed by atoms with Crippen molar-refractivity contribution in [2.45, 2.75) is 51.0 Å². The Hall–Kier alpha value is -1.90. The number of hydrogen-bond acceptors (Lipinski definition) is 4. The van der Waals surface area contributed by atoms with Crippen molar-refractivity contribution in [1.82, 2.24) is 19.7 Å². The van der Waals surface area contributed by atoms with Crippen molar-refractivity contribution in [3.8, 4) is 6.07 Å². The van der Waals surface area contributed by atoms with Crippen molar-refractivity contribution in [2.75, 3.05) is 13.1 Å². The van der Waals surface area contributed by atoms with Gasteiger partial charge in [-0.25, -0.2) is 9.67 Å². The van der Waals surface area contributed by atoms with Crippen LogP contribution < -0.4 is 0 Å². The van der Waals surface area contributed by atoms with Gasteiger partial charge in [0.05, 0.1) is 12.1 Å². The van der Waals surface area contributed by atoms with Gasteiger partial charge < -0.3 is 4.90 Å². The normalized spacial score (nSPS) is 25.3. The van der Waals surface area contributed by atoms with Crippen LogP contribution in [0.3, 0.4) is 0 Å². The lowest BCUT2D eigenvalue weighted by Crippen LogP contribution is -2.48. The molecule has 2 heterocycles. The second kappa shape index (κ2) is 5.84. The number of nitrogens with zero attached hydrogens (tertiary/aromatic N) is 5. The first-order valence-electron chi connectivity index (χ1n) is 7.80. The Morgan fingerprint density at radius 2 is 2.10 bits per heavy atom. The predicted molar refractivity (Wildman–Crippen MR) is 76.0 cm³/mol. The number of piperidine rings is 1. The maximum absolute atomic E-state index is 12.9. The fourth-order valence-corrected chi connectivity index (χ4v) is 3.59. The molecule has 1 aromatic heterocycles. The summed E-state index contributed by atoms with van der Waals surface area (Å²) < 4.78 is 1.83. The van der Waals surface area contributed by atoms with Crippen LogP contribution in [0.4, 0.5) is 0 Å². The molecule has 0 unspecified atom stereocenters. The van der Waals surface area contributed by atoms with Crippen LogP contribution in [0.25, 0.3) is 0 Å². The molecule has 1 aromatic rings. The molecular formula is C15H21N5O. The summed E-state index contributed by atoms with van der Waals surface area (Å²) >= 11 is 0. The standard InChI is InChI=1S/C15H21N5O/c16-10-15(6-2-1-3-7-15)14(21)19-8-4-5-13(9-19)20-12-17-11-18-20/h11-13H,1-9H2/t13-/m1/s1. The van der Waals surface area contributed by atoms with Crippen molar-refractivity contribution in [3.63, 3.8) is 0 Å². The molecule has 112 valence electrons. The van der Waals surface area contributed by atoms with E-state index >= 15 is 0 Å². The minimum atomic E-state index is -0.775. The van der Waals surface area contributed by atoms with Crippen molar-refractivity contribution in [2.24, 2.45) is 5.41 Å². The molecular weight excluding hydrogens is 266 g/mol. The van der Waals surface area contributed by atoms with Crippen molar-refractivity contribution in [3.05, 3.63) is 12.7 Å². The highest BCUT2D eigenvalue weighted by atomic mass is 16.2. The summed E-state index contributed by atoms with van der Waals surface area (Å²) in [6.45, 7) is 1.40. The van der Waals surface area contributed by atoms with Crippen LogP contribution in [0.5, 0.6) is 0 Å². The van der Waals surface area contributed by atoms with Crippen LogP contribution in [-0.2, 0) is 4.79 Å². The first-order chi connectivity index (χ1) is 10.2. The summed E-state index contributed by atoms with van der Waals surface area (Å²) in [4.78, 5) is 18.7. The number of likely N-dealkylation sites (tertiary alicyclic amines) is 1. The van der Waals surface area contributed by atoms with Gasteiger partial charge in [-0.2, -0.15) is 10.4 Å². The molecule has 1 aliphatic heterocycles. The van der Waals surface area contributed by atoms with Crippen LogP contribution in [0, 0.1) is 16.7 Å². The second-order valence-electron chi connectivity index (χ2n) is 6.18. The SMILES string of the molecule is N#CC1(C(=O)N2CCC[C@@H](n3cncn3)C2)CCCCC1. The highest BCUT2D eigenvalue weighted by Gasteiger charge is 2.43. The summed E-state index contributed by atoms with van der Waals surface area (Å²) in [7, 11) is 0. The third-order valence-electron chi connectivity index (χ3n) is 4.82. The maximum atomic E-state index is 12.9. The quantitative estimate of drug-likeness (QED) is 0.832. The third-order valence-corrected chi connectivity index (χ3v) is 4.82. The van der Waals surface area contributed by atoms with E-state index in [4.69, 9.17) is 0 Å². The number of aromatic nitrogens is 3. The molecule has 0 N–H and O–H groups in total. The molecule has 6 heteroatoms. The lowest BCUT2D eigenvalue weighted by Gasteiger charge is -2.39. The van der Waals surface area contributed by atoms with Crippen LogP contribution in [0.2, 0.25) is 0 Å². The molecule has 3 rings (SSSR count). The Morgan fingerprint density at radius 3 is 2.76 bits per heavy atom. The van der Waals surface area contributed by atoms with Gasteiger partial charge in [0.25, 0.3) is 0 Å². The van der Waals surface area contributed by atoms with E-state index in [0.717, 1.165) is 38.6 Å². The zero-order chi connectivity index (χ0) is 14.7. The molecule has 1 atom stereocenters. The predicted octanol–water partition coefficient (Wildman–Crippen LogP) is 1.92. The number of rotatable bonds is 2. The fourth-order valence-electron chi connectivity index (χ4n) is 3.59. The molecule has 0 radical (unpaired) electrons. The molecule has 2 fully saturated rings. The van der Waals surface area contributed by atoms with Gasteiger partial charge in [0, 0.05) is 13.1 Å². The second-order valence-corrected chi connectivity index (χ2v) is 6.18. The van der Waals surface area contributed by atoms with Crippen LogP contribution in [0.1, 0.15) is 51.0 Å².